The Morgan fingerprint density at radius 2 is 1.20 bits per heavy atom. The quantitative estimate of drug-likeness (QED) is 0.168. The lowest BCUT2D eigenvalue weighted by Crippen LogP contribution is -2.08. The minimum Gasteiger partial charge on any atom is -0.458 e. The minimum absolute atomic E-state index is 0.124. The first-order valence-corrected chi connectivity index (χ1v) is 20.3. The van der Waals surface area contributed by atoms with Crippen LogP contribution in [0.15, 0.2) is 112 Å². The van der Waals surface area contributed by atoms with Crippen molar-refractivity contribution in [1.82, 2.24) is 15.0 Å². The largest absolute Gasteiger partial charge is 0.458 e. The Balaban J connectivity index is 1.09. The fourth-order valence-electron chi connectivity index (χ4n) is 7.69. The predicted octanol–water partition coefficient (Wildman–Crippen LogP) is 14.4. The van der Waals surface area contributed by atoms with Gasteiger partial charge in [0.1, 0.15) is 34.9 Å². The molecule has 10 aromatic rings. The van der Waals surface area contributed by atoms with E-state index in [0.717, 1.165) is 121 Å². The van der Waals surface area contributed by atoms with Gasteiger partial charge in [-0.15, -0.1) is 11.3 Å². The molecular weight excluding hydrogens is 719 g/mol. The van der Waals surface area contributed by atoms with Crippen LogP contribution in [0.5, 0.6) is 11.5 Å². The van der Waals surface area contributed by atoms with E-state index in [1.54, 1.807) is 29.0 Å². The highest BCUT2D eigenvalue weighted by molar-refractivity contribution is 7.26. The molecule has 6 nitrogen and oxygen atoms in total. The van der Waals surface area contributed by atoms with Crippen molar-refractivity contribution in [2.24, 2.45) is 10.8 Å². The summed E-state index contributed by atoms with van der Waals surface area (Å²) in [6, 6.07) is 31.8. The van der Waals surface area contributed by atoms with E-state index in [4.69, 9.17) is 28.5 Å². The molecule has 6 heterocycles. The van der Waals surface area contributed by atoms with Crippen molar-refractivity contribution < 1.29 is 13.6 Å². The molecule has 55 heavy (non-hydrogen) atoms. The SMILES string of the molecule is CC(C)(C)Cc1cc2c(o1)sc1c(-c3cc(Oc4cc(-c5ncnc6c5sc5cc(CC(C)(C)C)oc56)cc5ccccc45)c4ccccc4c3)nccc12. The highest BCUT2D eigenvalue weighted by Crippen LogP contribution is 2.46. The number of thiophene rings is 2. The van der Waals surface area contributed by atoms with E-state index in [1.165, 1.54) is 0 Å². The van der Waals surface area contributed by atoms with Crippen LogP contribution in [0, 0.1) is 10.8 Å². The zero-order valence-corrected chi connectivity index (χ0v) is 33.2. The molecule has 0 saturated heterocycles. The number of rotatable bonds is 6. The van der Waals surface area contributed by atoms with Crippen LogP contribution in [-0.2, 0) is 12.8 Å². The summed E-state index contributed by atoms with van der Waals surface area (Å²) >= 11 is 3.34. The normalized spacial score (nSPS) is 12.7. The van der Waals surface area contributed by atoms with E-state index in [1.807, 2.05) is 6.20 Å². The van der Waals surface area contributed by atoms with Crippen LogP contribution < -0.4 is 4.74 Å². The Bertz CT molecular complexity index is 2900. The first kappa shape index (κ1) is 34.0. The Labute approximate surface area is 326 Å². The minimum atomic E-state index is 0.124. The van der Waals surface area contributed by atoms with Gasteiger partial charge < -0.3 is 13.6 Å². The van der Waals surface area contributed by atoms with Gasteiger partial charge >= 0.3 is 0 Å². The Morgan fingerprint density at radius 3 is 1.85 bits per heavy atom. The second-order valence-electron chi connectivity index (χ2n) is 16.9. The van der Waals surface area contributed by atoms with Gasteiger partial charge in [0.2, 0.25) is 0 Å². The molecule has 0 aliphatic carbocycles. The van der Waals surface area contributed by atoms with Crippen molar-refractivity contribution in [2.45, 2.75) is 54.4 Å². The third kappa shape index (κ3) is 6.14. The number of aromatic nitrogens is 3. The fraction of sp³-hybridized carbons (Fsp3) is 0.213. The molecule has 10 rings (SSSR count). The molecule has 0 fully saturated rings. The Hall–Kier alpha value is -5.57. The van der Waals surface area contributed by atoms with Gasteiger partial charge in [0.15, 0.2) is 10.5 Å². The van der Waals surface area contributed by atoms with E-state index >= 15 is 0 Å². The van der Waals surface area contributed by atoms with Crippen LogP contribution in [-0.4, -0.2) is 15.0 Å². The van der Waals surface area contributed by atoms with Gasteiger partial charge in [-0.2, -0.15) is 0 Å². The van der Waals surface area contributed by atoms with Crippen molar-refractivity contribution >= 4 is 85.1 Å². The zero-order chi connectivity index (χ0) is 37.6. The molecule has 0 amide bonds. The third-order valence-corrected chi connectivity index (χ3v) is 12.2. The van der Waals surface area contributed by atoms with Gasteiger partial charge in [-0.25, -0.2) is 9.97 Å². The summed E-state index contributed by atoms with van der Waals surface area (Å²) in [5, 5.41) is 6.48. The molecule has 0 radical (unpaired) electrons. The summed E-state index contributed by atoms with van der Waals surface area (Å²) in [6.07, 6.45) is 5.29. The van der Waals surface area contributed by atoms with Crippen LogP contribution in [0.1, 0.15) is 53.1 Å². The summed E-state index contributed by atoms with van der Waals surface area (Å²) in [5.41, 5.74) is 5.65. The van der Waals surface area contributed by atoms with E-state index < -0.39 is 0 Å². The average molecular weight is 758 g/mol. The van der Waals surface area contributed by atoms with Crippen LogP contribution >= 0.6 is 22.7 Å². The Kier molecular flexibility index (Phi) is 7.71. The summed E-state index contributed by atoms with van der Waals surface area (Å²) in [6.45, 7) is 13.4. The lowest BCUT2D eigenvalue weighted by Gasteiger charge is -2.15. The summed E-state index contributed by atoms with van der Waals surface area (Å²) in [4.78, 5) is 15.4. The highest BCUT2D eigenvalue weighted by Gasteiger charge is 2.23. The molecule has 0 atom stereocenters. The van der Waals surface area contributed by atoms with E-state index in [9.17, 15) is 0 Å². The number of fused-ring (bicyclic) bond motifs is 8. The molecule has 6 aromatic heterocycles. The maximum absolute atomic E-state index is 7.06. The molecule has 4 aromatic carbocycles. The van der Waals surface area contributed by atoms with Crippen molar-refractivity contribution in [2.75, 3.05) is 0 Å². The molecule has 0 saturated carbocycles. The number of furan rings is 2. The number of ether oxygens (including phenoxy) is 1. The highest BCUT2D eigenvalue weighted by atomic mass is 32.1. The van der Waals surface area contributed by atoms with E-state index in [2.05, 4.69) is 133 Å². The summed E-state index contributed by atoms with van der Waals surface area (Å²) < 4.78 is 23.0. The fourth-order valence-corrected chi connectivity index (χ4v) is 10.0. The van der Waals surface area contributed by atoms with Gasteiger partial charge in [-0.1, -0.05) is 101 Å². The number of hydrogen-bond acceptors (Lipinski definition) is 8. The second kappa shape index (κ2) is 12.5. The molecule has 8 heteroatoms. The first-order chi connectivity index (χ1) is 26.4. The van der Waals surface area contributed by atoms with Gasteiger partial charge in [0.05, 0.1) is 25.5 Å². The van der Waals surface area contributed by atoms with Gasteiger partial charge in [0.25, 0.3) is 0 Å². The summed E-state index contributed by atoms with van der Waals surface area (Å²) in [7, 11) is 0. The molecular formula is C47H39N3O3S2. The zero-order valence-electron chi connectivity index (χ0n) is 31.6. The average Bonchev–Trinajstić information content (AvgIpc) is 3.89. The molecule has 0 N–H and O–H groups in total. The number of benzene rings is 4. The maximum atomic E-state index is 7.06. The standard InChI is InChI=1S/C47H39N3O3S2/c1-46(2,3)23-30-21-35-34-15-16-48-39(43(34)55-45(35)52-30)28-17-26-11-7-9-13-32(26)36(19-28)53-37-20-29(18-27-12-8-10-14-33(27)37)40-44-41(50-25-49-40)42-38(54-44)22-31(51-42)24-47(4,5)6/h7-22,25H,23-24H2,1-6H3. The molecule has 0 aliphatic heterocycles. The lowest BCUT2D eigenvalue weighted by atomic mass is 9.91. The lowest BCUT2D eigenvalue weighted by molar-refractivity contribution is 0.370. The number of hydrogen-bond donors (Lipinski definition) is 0. The number of nitrogens with zero attached hydrogens (tertiary/aromatic N) is 3. The number of pyridine rings is 1. The van der Waals surface area contributed by atoms with E-state index in [0.29, 0.717) is 0 Å². The van der Waals surface area contributed by atoms with Crippen molar-refractivity contribution in [3.63, 3.8) is 0 Å². The van der Waals surface area contributed by atoms with Gasteiger partial charge in [-0.3, -0.25) is 4.98 Å². The van der Waals surface area contributed by atoms with Crippen molar-refractivity contribution in [1.29, 1.82) is 0 Å². The Morgan fingerprint density at radius 1 is 0.582 bits per heavy atom. The topological polar surface area (TPSA) is 74.2 Å². The predicted molar refractivity (Wildman–Crippen MR) is 229 cm³/mol. The molecule has 0 bridgehead atoms. The van der Waals surface area contributed by atoms with Gasteiger partial charge in [0, 0.05) is 51.7 Å². The van der Waals surface area contributed by atoms with Crippen LogP contribution in [0.4, 0.5) is 0 Å². The molecule has 0 unspecified atom stereocenters. The first-order valence-electron chi connectivity index (χ1n) is 18.6. The molecule has 0 aliphatic rings. The van der Waals surface area contributed by atoms with Crippen molar-refractivity contribution in [3.8, 4) is 34.0 Å². The maximum Gasteiger partial charge on any atom is 0.189 e. The van der Waals surface area contributed by atoms with Crippen LogP contribution in [0.3, 0.4) is 0 Å². The molecule has 0 spiro atoms. The van der Waals surface area contributed by atoms with Crippen LogP contribution in [0.2, 0.25) is 0 Å². The smallest absolute Gasteiger partial charge is 0.189 e. The second-order valence-corrected chi connectivity index (χ2v) is 19.0. The third-order valence-electron chi connectivity index (χ3n) is 9.94. The summed E-state index contributed by atoms with van der Waals surface area (Å²) in [5.74, 6) is 3.51. The van der Waals surface area contributed by atoms with Crippen LogP contribution in [0.25, 0.3) is 84.9 Å². The van der Waals surface area contributed by atoms with E-state index in [-0.39, 0.29) is 10.8 Å². The monoisotopic (exact) mass is 757 g/mol. The molecule has 272 valence electrons. The van der Waals surface area contributed by atoms with Crippen molar-refractivity contribution in [3.05, 3.63) is 115 Å². The van der Waals surface area contributed by atoms with Gasteiger partial charge in [-0.05, 0) is 64.1 Å².